The third kappa shape index (κ3) is 4.30. The van der Waals surface area contributed by atoms with Crippen molar-refractivity contribution in [2.75, 3.05) is 13.6 Å². The SMILES string of the molecule is CNC(C)CNC(=O)c1cc(C)nc2c1cnn2C.Cl.Cl. The topological polar surface area (TPSA) is 71.8 Å². The number of rotatable bonds is 4. The van der Waals surface area contributed by atoms with Crippen molar-refractivity contribution >= 4 is 41.8 Å². The number of aromatic nitrogens is 3. The second-order valence-electron chi connectivity index (χ2n) is 4.72. The van der Waals surface area contributed by atoms with Gasteiger partial charge in [0.05, 0.1) is 17.1 Å². The fourth-order valence-corrected chi connectivity index (χ4v) is 1.87. The first-order chi connectivity index (χ1) is 9.02. The minimum absolute atomic E-state index is 0. The number of halogens is 2. The van der Waals surface area contributed by atoms with Gasteiger partial charge in [0.25, 0.3) is 5.91 Å². The van der Waals surface area contributed by atoms with E-state index in [9.17, 15) is 4.79 Å². The second kappa shape index (κ2) is 8.17. The second-order valence-corrected chi connectivity index (χ2v) is 4.72. The monoisotopic (exact) mass is 333 g/mol. The maximum atomic E-state index is 12.2. The molecule has 0 aliphatic rings. The van der Waals surface area contributed by atoms with Gasteiger partial charge in [-0.05, 0) is 27.0 Å². The first-order valence-electron chi connectivity index (χ1n) is 6.27. The molecule has 0 aromatic carbocycles. The molecule has 2 aromatic heterocycles. The maximum absolute atomic E-state index is 12.2. The van der Waals surface area contributed by atoms with Crippen molar-refractivity contribution in [3.8, 4) is 0 Å². The molecule has 1 amide bonds. The average Bonchev–Trinajstić information content (AvgIpc) is 2.76. The van der Waals surface area contributed by atoms with Crippen LogP contribution in [-0.4, -0.2) is 40.3 Å². The molecule has 1 atom stereocenters. The van der Waals surface area contributed by atoms with Crippen LogP contribution < -0.4 is 10.6 Å². The van der Waals surface area contributed by atoms with E-state index in [1.165, 1.54) is 0 Å². The van der Waals surface area contributed by atoms with E-state index in [-0.39, 0.29) is 36.8 Å². The molecule has 6 nitrogen and oxygen atoms in total. The fourth-order valence-electron chi connectivity index (χ4n) is 1.87. The Morgan fingerprint density at radius 2 is 2.10 bits per heavy atom. The lowest BCUT2D eigenvalue weighted by molar-refractivity contribution is 0.0952. The number of nitrogens with zero attached hydrogens (tertiary/aromatic N) is 3. The number of likely N-dealkylation sites (N-methyl/N-ethyl adjacent to an activating group) is 1. The standard InChI is InChI=1S/C13H19N5O.2ClH/c1-8-5-10(13(19)15-6-9(2)14-3)11-7-16-18(4)12(11)17-8;;/h5,7,9,14H,6H2,1-4H3,(H,15,19);2*1H. The quantitative estimate of drug-likeness (QED) is 0.888. The third-order valence-corrected chi connectivity index (χ3v) is 3.14. The van der Waals surface area contributed by atoms with Gasteiger partial charge >= 0.3 is 0 Å². The zero-order chi connectivity index (χ0) is 14.0. The summed E-state index contributed by atoms with van der Waals surface area (Å²) in [7, 11) is 3.69. The third-order valence-electron chi connectivity index (χ3n) is 3.14. The van der Waals surface area contributed by atoms with Crippen LogP contribution in [-0.2, 0) is 7.05 Å². The van der Waals surface area contributed by atoms with Crippen molar-refractivity contribution in [3.63, 3.8) is 0 Å². The highest BCUT2D eigenvalue weighted by Crippen LogP contribution is 2.17. The smallest absolute Gasteiger partial charge is 0.252 e. The van der Waals surface area contributed by atoms with Crippen LogP contribution in [0.5, 0.6) is 0 Å². The largest absolute Gasteiger partial charge is 0.350 e. The number of amides is 1. The number of carbonyl (C=O) groups is 1. The minimum Gasteiger partial charge on any atom is -0.350 e. The number of carbonyl (C=O) groups excluding carboxylic acids is 1. The van der Waals surface area contributed by atoms with Crippen LogP contribution in [0.25, 0.3) is 11.0 Å². The molecule has 0 spiro atoms. The summed E-state index contributed by atoms with van der Waals surface area (Å²) in [6.45, 7) is 4.47. The first kappa shape index (κ1) is 19.6. The van der Waals surface area contributed by atoms with Gasteiger partial charge in [-0.2, -0.15) is 5.10 Å². The minimum atomic E-state index is -0.0920. The molecule has 0 aliphatic heterocycles. The van der Waals surface area contributed by atoms with Crippen molar-refractivity contribution in [3.05, 3.63) is 23.5 Å². The van der Waals surface area contributed by atoms with Gasteiger partial charge in [-0.25, -0.2) is 4.98 Å². The van der Waals surface area contributed by atoms with Crippen LogP contribution in [0.4, 0.5) is 0 Å². The van der Waals surface area contributed by atoms with Crippen molar-refractivity contribution in [1.29, 1.82) is 0 Å². The van der Waals surface area contributed by atoms with Crippen molar-refractivity contribution < 1.29 is 4.79 Å². The maximum Gasteiger partial charge on any atom is 0.252 e. The molecule has 0 radical (unpaired) electrons. The van der Waals surface area contributed by atoms with E-state index in [0.717, 1.165) is 16.7 Å². The van der Waals surface area contributed by atoms with Gasteiger partial charge in [0.15, 0.2) is 5.65 Å². The number of pyridine rings is 1. The molecule has 1 unspecified atom stereocenters. The first-order valence-corrected chi connectivity index (χ1v) is 6.27. The fraction of sp³-hybridized carbons (Fsp3) is 0.462. The Balaban J connectivity index is 0.00000200. The molecule has 0 bridgehead atoms. The molecule has 21 heavy (non-hydrogen) atoms. The van der Waals surface area contributed by atoms with Gasteiger partial charge in [-0.1, -0.05) is 0 Å². The molecule has 0 fully saturated rings. The van der Waals surface area contributed by atoms with Crippen LogP contribution in [0.1, 0.15) is 23.0 Å². The van der Waals surface area contributed by atoms with E-state index in [2.05, 4.69) is 20.7 Å². The molecule has 2 rings (SSSR count). The van der Waals surface area contributed by atoms with Gasteiger partial charge in [-0.3, -0.25) is 9.48 Å². The lowest BCUT2D eigenvalue weighted by atomic mass is 10.1. The van der Waals surface area contributed by atoms with E-state index in [4.69, 9.17) is 0 Å². The van der Waals surface area contributed by atoms with Gasteiger partial charge in [0.1, 0.15) is 0 Å². The number of fused-ring (bicyclic) bond motifs is 1. The predicted molar refractivity (Wildman–Crippen MR) is 88.6 cm³/mol. The van der Waals surface area contributed by atoms with E-state index >= 15 is 0 Å². The van der Waals surface area contributed by atoms with Crippen molar-refractivity contribution in [2.45, 2.75) is 19.9 Å². The zero-order valence-corrected chi connectivity index (χ0v) is 14.1. The van der Waals surface area contributed by atoms with Gasteiger partial charge in [-0.15, -0.1) is 24.8 Å². The molecule has 118 valence electrons. The van der Waals surface area contributed by atoms with E-state index in [0.29, 0.717) is 12.1 Å². The zero-order valence-electron chi connectivity index (χ0n) is 12.5. The summed E-state index contributed by atoms with van der Waals surface area (Å²) in [4.78, 5) is 16.6. The summed E-state index contributed by atoms with van der Waals surface area (Å²) in [5, 5.41) is 10.9. The summed E-state index contributed by atoms with van der Waals surface area (Å²) in [6, 6.07) is 2.03. The Bertz CT molecular complexity index is 614. The Morgan fingerprint density at radius 1 is 1.43 bits per heavy atom. The highest BCUT2D eigenvalue weighted by Gasteiger charge is 2.14. The molecule has 8 heteroatoms. The predicted octanol–water partition coefficient (Wildman–Crippen LogP) is 1.46. The van der Waals surface area contributed by atoms with Crippen molar-refractivity contribution in [1.82, 2.24) is 25.4 Å². The van der Waals surface area contributed by atoms with Gasteiger partial charge in [0, 0.05) is 25.3 Å². The van der Waals surface area contributed by atoms with Crippen LogP contribution in [0.15, 0.2) is 12.3 Å². The van der Waals surface area contributed by atoms with E-state index < -0.39 is 0 Å². The summed E-state index contributed by atoms with van der Waals surface area (Å²) >= 11 is 0. The molecule has 2 aromatic rings. The molecular weight excluding hydrogens is 313 g/mol. The molecule has 0 saturated heterocycles. The number of hydrogen-bond donors (Lipinski definition) is 2. The molecule has 2 heterocycles. The van der Waals surface area contributed by atoms with Crippen LogP contribution in [0.3, 0.4) is 0 Å². The lowest BCUT2D eigenvalue weighted by Gasteiger charge is -2.12. The van der Waals surface area contributed by atoms with Crippen LogP contribution in [0.2, 0.25) is 0 Å². The number of hydrogen-bond acceptors (Lipinski definition) is 4. The van der Waals surface area contributed by atoms with Crippen molar-refractivity contribution in [2.24, 2.45) is 7.05 Å². The highest BCUT2D eigenvalue weighted by atomic mass is 35.5. The average molecular weight is 334 g/mol. The number of aryl methyl sites for hydroxylation is 2. The molecular formula is C13H21Cl2N5O. The summed E-state index contributed by atoms with van der Waals surface area (Å²) < 4.78 is 1.68. The number of nitrogens with one attached hydrogen (secondary N) is 2. The van der Waals surface area contributed by atoms with Gasteiger partial charge < -0.3 is 10.6 Å². The van der Waals surface area contributed by atoms with E-state index in [1.54, 1.807) is 16.9 Å². The Morgan fingerprint density at radius 3 is 2.71 bits per heavy atom. The Hall–Kier alpha value is -1.37. The van der Waals surface area contributed by atoms with E-state index in [1.807, 2.05) is 27.9 Å². The summed E-state index contributed by atoms with van der Waals surface area (Å²) in [5.41, 5.74) is 2.16. The molecule has 0 saturated carbocycles. The molecule has 0 aliphatic carbocycles. The summed E-state index contributed by atoms with van der Waals surface area (Å²) in [5.74, 6) is -0.0920. The summed E-state index contributed by atoms with van der Waals surface area (Å²) in [6.07, 6.45) is 1.68. The normalized spacial score (nSPS) is 11.4. The Kier molecular flexibility index (Phi) is 7.63. The molecule has 2 N–H and O–H groups in total. The van der Waals surface area contributed by atoms with Crippen LogP contribution >= 0.6 is 24.8 Å². The van der Waals surface area contributed by atoms with Gasteiger partial charge in [0.2, 0.25) is 0 Å². The lowest BCUT2D eigenvalue weighted by Crippen LogP contribution is -2.37. The highest BCUT2D eigenvalue weighted by molar-refractivity contribution is 6.05. The van der Waals surface area contributed by atoms with Crippen LogP contribution in [0, 0.1) is 6.92 Å². The Labute approximate surface area is 136 Å².